The van der Waals surface area contributed by atoms with Gasteiger partial charge < -0.3 is 30.5 Å². The van der Waals surface area contributed by atoms with E-state index < -0.39 is 0 Å². The van der Waals surface area contributed by atoms with Crippen LogP contribution in [-0.2, 0) is 24.4 Å². The SMILES string of the molecule is C.C.CI.COc1ccc2c3n(c(=N)nc2c1C)CCN3.COc1ccc2c3n(c(=NC(C)=O)nc2c1C)CCN3.Cc1c(O)ccc2c3n(c(=N)nc12)CCN3. The molecule has 0 saturated heterocycles. The molecule has 3 aromatic carbocycles. The highest BCUT2D eigenvalue weighted by Gasteiger charge is 2.20. The summed E-state index contributed by atoms with van der Waals surface area (Å²) < 4.78 is 16.3. The van der Waals surface area contributed by atoms with E-state index in [4.69, 9.17) is 20.3 Å². The molecule has 0 spiro atoms. The van der Waals surface area contributed by atoms with Crippen LogP contribution in [0.25, 0.3) is 32.7 Å². The maximum Gasteiger partial charge on any atom is 0.245 e. The number of methoxy groups -OCH3 is 2. The highest BCUT2D eigenvalue weighted by molar-refractivity contribution is 14.1. The number of fused-ring (bicyclic) bond motifs is 9. The summed E-state index contributed by atoms with van der Waals surface area (Å²) in [5, 5.41) is 38.3. The van der Waals surface area contributed by atoms with E-state index in [1.807, 2.05) is 69.7 Å². The molecule has 0 bridgehead atoms. The molecule has 3 aliphatic rings. The number of aryl methyl sites for hydroxylation is 3. The number of nitrogens with one attached hydrogen (secondary N) is 5. The fraction of sp³-hybridized carbons (Fsp3) is 0.375. The number of rotatable bonds is 2. The van der Waals surface area contributed by atoms with Crippen molar-refractivity contribution < 1.29 is 19.4 Å². The molecule has 0 aliphatic carbocycles. The minimum Gasteiger partial charge on any atom is -0.508 e. The fourth-order valence-electron chi connectivity index (χ4n) is 7.05. The van der Waals surface area contributed by atoms with Gasteiger partial charge in [0.2, 0.25) is 22.8 Å². The number of phenols is 1. The van der Waals surface area contributed by atoms with Crippen LogP contribution in [0.4, 0.5) is 17.5 Å². The minimum atomic E-state index is -0.251. The maximum atomic E-state index is 11.3. The third-order valence-electron chi connectivity index (χ3n) is 9.72. The van der Waals surface area contributed by atoms with Crippen molar-refractivity contribution in [3.8, 4) is 17.2 Å². The number of carbonyl (C=O) groups is 1. The fourth-order valence-corrected chi connectivity index (χ4v) is 7.05. The lowest BCUT2D eigenvalue weighted by molar-refractivity contribution is -0.116. The Bertz CT molecular complexity index is 2670. The van der Waals surface area contributed by atoms with Crippen LogP contribution in [-0.4, -0.2) is 78.5 Å². The summed E-state index contributed by atoms with van der Waals surface area (Å²) in [6, 6.07) is 11.4. The molecule has 304 valence electrons. The molecule has 0 unspecified atom stereocenters. The van der Waals surface area contributed by atoms with Crippen LogP contribution in [0.2, 0.25) is 0 Å². The summed E-state index contributed by atoms with van der Waals surface area (Å²) in [5.41, 5.74) is 5.99. The summed E-state index contributed by atoms with van der Waals surface area (Å²) in [7, 11) is 3.28. The number of alkyl halides is 1. The smallest absolute Gasteiger partial charge is 0.245 e. The van der Waals surface area contributed by atoms with Gasteiger partial charge in [0.15, 0.2) is 0 Å². The molecule has 0 atom stereocenters. The summed E-state index contributed by atoms with van der Waals surface area (Å²) in [6.07, 6.45) is 0. The summed E-state index contributed by atoms with van der Waals surface area (Å²) in [5.74, 6) is 4.44. The van der Waals surface area contributed by atoms with Gasteiger partial charge in [-0.2, -0.15) is 4.99 Å². The molecule has 1 amide bonds. The van der Waals surface area contributed by atoms with E-state index in [1.165, 1.54) is 6.92 Å². The first-order valence-electron chi connectivity index (χ1n) is 17.7. The van der Waals surface area contributed by atoms with E-state index in [9.17, 15) is 9.90 Å². The predicted molar refractivity (Wildman–Crippen MR) is 235 cm³/mol. The zero-order valence-electron chi connectivity index (χ0n) is 31.9. The van der Waals surface area contributed by atoms with E-state index in [1.54, 1.807) is 20.3 Å². The number of aromatic nitrogens is 6. The van der Waals surface area contributed by atoms with Gasteiger partial charge in [0.25, 0.3) is 0 Å². The zero-order valence-corrected chi connectivity index (χ0v) is 34.0. The number of benzene rings is 3. The van der Waals surface area contributed by atoms with E-state index >= 15 is 0 Å². The molecule has 57 heavy (non-hydrogen) atoms. The molecule has 16 nitrogen and oxygen atoms in total. The molecule has 17 heteroatoms. The Morgan fingerprint density at radius 3 is 1.51 bits per heavy atom. The summed E-state index contributed by atoms with van der Waals surface area (Å²) >= 11 is 2.15. The Morgan fingerprint density at radius 2 is 1.07 bits per heavy atom. The van der Waals surface area contributed by atoms with E-state index in [0.717, 1.165) is 112 Å². The van der Waals surface area contributed by atoms with Crippen molar-refractivity contribution >= 4 is 78.7 Å². The molecule has 0 radical (unpaired) electrons. The lowest BCUT2D eigenvalue weighted by atomic mass is 10.1. The Balaban J connectivity index is 0.000000183. The lowest BCUT2D eigenvalue weighted by Crippen LogP contribution is -2.24. The average molecular weight is 893 g/mol. The van der Waals surface area contributed by atoms with Gasteiger partial charge in [-0.15, -0.1) is 0 Å². The summed E-state index contributed by atoms with van der Waals surface area (Å²) in [4.78, 5) is 30.4. The van der Waals surface area contributed by atoms with Crippen LogP contribution < -0.4 is 42.3 Å². The third-order valence-corrected chi connectivity index (χ3v) is 9.72. The van der Waals surface area contributed by atoms with Crippen molar-refractivity contribution in [2.45, 2.75) is 62.2 Å². The van der Waals surface area contributed by atoms with Crippen molar-refractivity contribution in [3.63, 3.8) is 0 Å². The molecular weight excluding hydrogens is 839 g/mol. The number of phenolic OH excluding ortho intramolecular Hbond substituents is 1. The van der Waals surface area contributed by atoms with Gasteiger partial charge in [0, 0.05) is 79.0 Å². The molecule has 0 saturated carbocycles. The second-order valence-electron chi connectivity index (χ2n) is 12.9. The number of halogens is 1. The molecule has 9 rings (SSSR count). The predicted octanol–water partition coefficient (Wildman–Crippen LogP) is 5.76. The van der Waals surface area contributed by atoms with Gasteiger partial charge in [0.05, 0.1) is 30.8 Å². The Hall–Kier alpha value is -5.72. The largest absolute Gasteiger partial charge is 0.508 e. The topological polar surface area (TPSA) is 205 Å². The van der Waals surface area contributed by atoms with Crippen molar-refractivity contribution in [2.24, 2.45) is 4.99 Å². The maximum absolute atomic E-state index is 11.3. The first-order valence-corrected chi connectivity index (χ1v) is 19.8. The molecular formula is C40H53IN12O4. The monoisotopic (exact) mass is 892 g/mol. The van der Waals surface area contributed by atoms with Gasteiger partial charge in [-0.25, -0.2) is 15.0 Å². The normalized spacial score (nSPS) is 13.0. The Labute approximate surface area is 345 Å². The lowest BCUT2D eigenvalue weighted by Gasteiger charge is -2.12. The third kappa shape index (κ3) is 8.24. The summed E-state index contributed by atoms with van der Waals surface area (Å²) in [6.45, 7) is 12.0. The number of ether oxygens (including phenoxy) is 2. The van der Waals surface area contributed by atoms with Gasteiger partial charge in [-0.3, -0.25) is 29.3 Å². The van der Waals surface area contributed by atoms with Crippen LogP contribution in [0.15, 0.2) is 41.4 Å². The van der Waals surface area contributed by atoms with Gasteiger partial charge in [-0.1, -0.05) is 37.4 Å². The van der Waals surface area contributed by atoms with Crippen molar-refractivity contribution in [3.05, 3.63) is 69.9 Å². The number of nitrogens with zero attached hydrogens (tertiary/aromatic N) is 7. The van der Waals surface area contributed by atoms with Crippen LogP contribution in [0.5, 0.6) is 17.2 Å². The van der Waals surface area contributed by atoms with Gasteiger partial charge in [0.1, 0.15) is 34.7 Å². The molecule has 3 aromatic heterocycles. The van der Waals surface area contributed by atoms with Crippen LogP contribution >= 0.6 is 22.6 Å². The van der Waals surface area contributed by atoms with Crippen molar-refractivity contribution in [1.82, 2.24) is 28.7 Å². The number of anilines is 3. The van der Waals surface area contributed by atoms with E-state index in [-0.39, 0.29) is 32.1 Å². The van der Waals surface area contributed by atoms with Crippen molar-refractivity contribution in [1.29, 1.82) is 10.8 Å². The zero-order chi connectivity index (χ0) is 39.6. The molecule has 3 aliphatic heterocycles. The highest BCUT2D eigenvalue weighted by Crippen LogP contribution is 2.32. The van der Waals surface area contributed by atoms with Crippen LogP contribution in [0.3, 0.4) is 0 Å². The van der Waals surface area contributed by atoms with Gasteiger partial charge in [-0.05, 0) is 62.1 Å². The molecule has 6 N–H and O–H groups in total. The number of aromatic hydroxyl groups is 1. The van der Waals surface area contributed by atoms with E-state index in [2.05, 4.69) is 58.5 Å². The minimum absolute atomic E-state index is 0. The van der Waals surface area contributed by atoms with E-state index in [0.29, 0.717) is 16.8 Å². The number of hydrogen-bond acceptors (Lipinski definition) is 12. The molecule has 0 fully saturated rings. The quantitative estimate of drug-likeness (QED) is 0.0916. The Kier molecular flexibility index (Phi) is 14.3. The molecule has 6 heterocycles. The van der Waals surface area contributed by atoms with Crippen LogP contribution in [0, 0.1) is 31.6 Å². The second kappa shape index (κ2) is 18.5. The number of carbonyl (C=O) groups excluding carboxylic acids is 1. The standard InChI is InChI=1S/C14H16N4O2.C12H14N4O.C11H12N4O.CH3I.2CH4/c1-8-11(20-3)5-4-10-12(8)17-14(16-9(2)19)18-7-6-15-13(10)18;1-7-9(17-2)4-3-8-10(7)15-12(13)16-6-5-14-11(8)16;1-6-8(16)3-2-7-9(6)14-11(12)15-5-4-13-10(7)15;1-2;;/h4-5,15H,6-7H2,1-3H3;3-4,13-14H,5-6H2,1-2H3;2-3,12-13,16H,4-5H2,1H3;1H3;2*1H4. The second-order valence-corrected chi connectivity index (χ2v) is 12.9. The first kappa shape index (κ1) is 44.0. The van der Waals surface area contributed by atoms with Crippen LogP contribution in [0.1, 0.15) is 38.5 Å². The molecule has 6 aromatic rings. The van der Waals surface area contributed by atoms with Gasteiger partial charge >= 0.3 is 0 Å². The first-order chi connectivity index (χ1) is 26.5. The highest BCUT2D eigenvalue weighted by atomic mass is 127. The van der Waals surface area contributed by atoms with Crippen molar-refractivity contribution in [2.75, 3.05) is 54.7 Å². The average Bonchev–Trinajstić information content (AvgIpc) is 3.98. The number of amides is 1. The number of hydrogen-bond donors (Lipinski definition) is 6. The Morgan fingerprint density at radius 1 is 0.684 bits per heavy atom.